The number of phenolic OH excluding ortho intramolecular Hbond substituents is 1. The Morgan fingerprint density at radius 1 is 1.41 bits per heavy atom. The fourth-order valence-electron chi connectivity index (χ4n) is 2.94. The van der Waals surface area contributed by atoms with Gasteiger partial charge in [-0.2, -0.15) is 0 Å². The van der Waals surface area contributed by atoms with E-state index in [-0.39, 0.29) is 11.7 Å². The second-order valence-corrected chi connectivity index (χ2v) is 6.54. The molecule has 0 spiro atoms. The van der Waals surface area contributed by atoms with Crippen LogP contribution in [0.15, 0.2) is 12.1 Å². The quantitative estimate of drug-likeness (QED) is 0.858. The fourth-order valence-corrected chi connectivity index (χ4v) is 3.43. The molecule has 1 amide bonds. The van der Waals surface area contributed by atoms with Crippen LogP contribution in [0.5, 0.6) is 5.75 Å². The molecule has 1 aliphatic heterocycles. The van der Waals surface area contributed by atoms with Crippen LogP contribution >= 0.6 is 23.2 Å². The Bertz CT molecular complexity index is 537. The van der Waals surface area contributed by atoms with Gasteiger partial charge in [0.25, 0.3) is 0 Å². The molecule has 2 N–H and O–H groups in total. The van der Waals surface area contributed by atoms with E-state index in [4.69, 9.17) is 23.2 Å². The van der Waals surface area contributed by atoms with Gasteiger partial charge in [-0.3, -0.25) is 9.69 Å². The van der Waals surface area contributed by atoms with Crippen LogP contribution in [0.1, 0.15) is 38.2 Å². The van der Waals surface area contributed by atoms with Crippen molar-refractivity contribution in [1.29, 1.82) is 0 Å². The maximum atomic E-state index is 11.0. The van der Waals surface area contributed by atoms with E-state index in [0.717, 1.165) is 31.4 Å². The average molecular weight is 345 g/mol. The van der Waals surface area contributed by atoms with E-state index in [1.807, 2.05) is 0 Å². The van der Waals surface area contributed by atoms with Crippen molar-refractivity contribution in [3.05, 3.63) is 27.7 Å². The molecular formula is C16H22Cl2N2O2. The highest BCUT2D eigenvalue weighted by atomic mass is 35.5. The number of halogens is 2. The zero-order chi connectivity index (χ0) is 16.1. The van der Waals surface area contributed by atoms with Gasteiger partial charge in [-0.1, -0.05) is 29.6 Å². The lowest BCUT2D eigenvalue weighted by Crippen LogP contribution is -2.41. The molecule has 2 rings (SSSR count). The van der Waals surface area contributed by atoms with Crippen LogP contribution in [0.3, 0.4) is 0 Å². The van der Waals surface area contributed by atoms with Crippen molar-refractivity contribution in [3.63, 3.8) is 0 Å². The van der Waals surface area contributed by atoms with Gasteiger partial charge in [0, 0.05) is 36.6 Å². The van der Waals surface area contributed by atoms with E-state index in [0.29, 0.717) is 29.2 Å². The first kappa shape index (κ1) is 17.4. The predicted molar refractivity (Wildman–Crippen MR) is 89.5 cm³/mol. The molecule has 1 aliphatic rings. The summed E-state index contributed by atoms with van der Waals surface area (Å²) in [6.45, 7) is 3.81. The highest BCUT2D eigenvalue weighted by molar-refractivity contribution is 6.36. The molecule has 1 atom stereocenters. The number of carbonyl (C=O) groups is 1. The lowest BCUT2D eigenvalue weighted by atomic mass is 9.98. The molecule has 1 heterocycles. The monoisotopic (exact) mass is 344 g/mol. The highest BCUT2D eigenvalue weighted by Crippen LogP contribution is 2.34. The molecule has 22 heavy (non-hydrogen) atoms. The molecule has 1 aromatic rings. The Kier molecular flexibility index (Phi) is 6.36. The Morgan fingerprint density at radius 3 is 2.91 bits per heavy atom. The summed E-state index contributed by atoms with van der Waals surface area (Å²) in [7, 11) is 0. The van der Waals surface area contributed by atoms with Gasteiger partial charge in [-0.25, -0.2) is 0 Å². The smallest absolute Gasteiger partial charge is 0.216 e. The first-order valence-corrected chi connectivity index (χ1v) is 8.39. The summed E-state index contributed by atoms with van der Waals surface area (Å²) in [5, 5.41) is 13.5. The van der Waals surface area contributed by atoms with E-state index in [2.05, 4.69) is 10.2 Å². The molecule has 6 heteroatoms. The molecule has 1 fully saturated rings. The Hall–Kier alpha value is -0.970. The first-order chi connectivity index (χ1) is 10.5. The van der Waals surface area contributed by atoms with Crippen LogP contribution in [0.4, 0.5) is 0 Å². The third-order valence-corrected chi connectivity index (χ3v) is 4.90. The minimum atomic E-state index is 0.00132. The second kappa shape index (κ2) is 8.04. The van der Waals surface area contributed by atoms with Gasteiger partial charge in [0.1, 0.15) is 5.75 Å². The van der Waals surface area contributed by atoms with E-state index >= 15 is 0 Å². The number of nitrogens with zero attached hydrogens (tertiary/aromatic N) is 1. The van der Waals surface area contributed by atoms with Gasteiger partial charge in [-0.15, -0.1) is 0 Å². The number of rotatable bonds is 5. The molecule has 0 bridgehead atoms. The Labute approximate surface area is 141 Å². The molecule has 0 aromatic heterocycles. The number of hydrogen-bond donors (Lipinski definition) is 2. The van der Waals surface area contributed by atoms with Gasteiger partial charge in [0.2, 0.25) is 5.91 Å². The number of carbonyl (C=O) groups excluding carboxylic acids is 1. The normalized spacial score (nSPS) is 19.1. The third kappa shape index (κ3) is 4.51. The number of aromatic hydroxyl groups is 1. The van der Waals surface area contributed by atoms with Crippen LogP contribution in [0.2, 0.25) is 10.0 Å². The van der Waals surface area contributed by atoms with E-state index in [1.54, 1.807) is 6.07 Å². The van der Waals surface area contributed by atoms with Gasteiger partial charge in [-0.05, 0) is 37.9 Å². The van der Waals surface area contributed by atoms with Gasteiger partial charge >= 0.3 is 0 Å². The second-order valence-electron chi connectivity index (χ2n) is 5.75. The van der Waals surface area contributed by atoms with Crippen LogP contribution in [-0.4, -0.2) is 35.0 Å². The third-order valence-electron chi connectivity index (χ3n) is 4.13. The maximum Gasteiger partial charge on any atom is 0.216 e. The highest BCUT2D eigenvalue weighted by Gasteiger charge is 2.24. The minimum absolute atomic E-state index is 0.00132. The zero-order valence-electron chi connectivity index (χ0n) is 12.7. The summed E-state index contributed by atoms with van der Waals surface area (Å²) in [6.07, 6.45) is 4.36. The van der Waals surface area contributed by atoms with Crippen molar-refractivity contribution < 1.29 is 9.90 Å². The number of amides is 1. The van der Waals surface area contributed by atoms with Crippen molar-refractivity contribution in [1.82, 2.24) is 10.2 Å². The van der Waals surface area contributed by atoms with Crippen molar-refractivity contribution in [2.45, 2.75) is 45.2 Å². The van der Waals surface area contributed by atoms with E-state index < -0.39 is 0 Å². The molecular weight excluding hydrogens is 323 g/mol. The molecule has 122 valence electrons. The lowest BCUT2D eigenvalue weighted by Gasteiger charge is -2.36. The summed E-state index contributed by atoms with van der Waals surface area (Å²) in [5.74, 6) is 0.0642. The fraction of sp³-hybridized carbons (Fsp3) is 0.562. The molecule has 0 saturated carbocycles. The minimum Gasteiger partial charge on any atom is -0.506 e. The maximum absolute atomic E-state index is 11.0. The average Bonchev–Trinajstić information content (AvgIpc) is 2.49. The lowest BCUT2D eigenvalue weighted by molar-refractivity contribution is -0.119. The van der Waals surface area contributed by atoms with Crippen molar-refractivity contribution in [3.8, 4) is 5.75 Å². The predicted octanol–water partition coefficient (Wildman–Crippen LogP) is 3.58. The number of hydrogen-bond acceptors (Lipinski definition) is 3. The molecule has 1 aromatic carbocycles. The Balaban J connectivity index is 2.05. The van der Waals surface area contributed by atoms with Gasteiger partial charge in [0.15, 0.2) is 0 Å². The number of piperidine rings is 1. The van der Waals surface area contributed by atoms with Crippen molar-refractivity contribution >= 4 is 29.1 Å². The topological polar surface area (TPSA) is 52.6 Å². The number of nitrogens with one attached hydrogen (secondary N) is 1. The summed E-state index contributed by atoms with van der Waals surface area (Å²) in [5.41, 5.74) is 0.773. The van der Waals surface area contributed by atoms with Gasteiger partial charge < -0.3 is 10.4 Å². The summed E-state index contributed by atoms with van der Waals surface area (Å²) in [6, 6.07) is 3.59. The first-order valence-electron chi connectivity index (χ1n) is 7.63. The summed E-state index contributed by atoms with van der Waals surface area (Å²) < 4.78 is 0. The molecule has 0 aliphatic carbocycles. The number of likely N-dealkylation sites (tertiary alicyclic amines) is 1. The molecule has 1 saturated heterocycles. The molecule has 0 radical (unpaired) electrons. The number of benzene rings is 1. The van der Waals surface area contributed by atoms with E-state index in [9.17, 15) is 9.90 Å². The van der Waals surface area contributed by atoms with Crippen LogP contribution in [0.25, 0.3) is 0 Å². The number of phenols is 1. The SMILES string of the molecule is CC(=O)NCC[C@@H]1CCCCN1Cc1c(Cl)ccc(O)c1Cl. The van der Waals surface area contributed by atoms with Crippen LogP contribution in [-0.2, 0) is 11.3 Å². The van der Waals surface area contributed by atoms with Crippen LogP contribution in [0, 0.1) is 0 Å². The van der Waals surface area contributed by atoms with Crippen LogP contribution < -0.4 is 5.32 Å². The van der Waals surface area contributed by atoms with Crippen molar-refractivity contribution in [2.24, 2.45) is 0 Å². The van der Waals surface area contributed by atoms with E-state index in [1.165, 1.54) is 19.4 Å². The largest absolute Gasteiger partial charge is 0.506 e. The summed E-state index contributed by atoms with van der Waals surface area (Å²) in [4.78, 5) is 13.3. The zero-order valence-corrected chi connectivity index (χ0v) is 14.3. The van der Waals surface area contributed by atoms with Crippen molar-refractivity contribution in [2.75, 3.05) is 13.1 Å². The van der Waals surface area contributed by atoms with Gasteiger partial charge in [0.05, 0.1) is 5.02 Å². The standard InChI is InChI=1S/C16H22Cl2N2O2/c1-11(21)19-8-7-12-4-2-3-9-20(12)10-13-14(17)5-6-15(22)16(13)18/h5-6,12,22H,2-4,7-10H2,1H3,(H,19,21)/t12-/m0/s1. The Morgan fingerprint density at radius 2 is 2.18 bits per heavy atom. The summed E-state index contributed by atoms with van der Waals surface area (Å²) >= 11 is 12.4. The molecule has 4 nitrogen and oxygen atoms in total. The molecule has 0 unspecified atom stereocenters.